The topological polar surface area (TPSA) is 54.9 Å². The SMILES string of the molecule is Cc1cncc(C(=O)N2CCO[C@H]3[C@H](OCCN(C)C)CC[C@@H]32)c1. The minimum absolute atomic E-state index is 0.0115. The van der Waals surface area contributed by atoms with Crippen molar-refractivity contribution in [2.24, 2.45) is 0 Å². The predicted molar refractivity (Wildman–Crippen MR) is 91.1 cm³/mol. The van der Waals surface area contributed by atoms with Gasteiger partial charge >= 0.3 is 0 Å². The van der Waals surface area contributed by atoms with Crippen LogP contribution in [0, 0.1) is 6.92 Å². The average Bonchev–Trinajstić information content (AvgIpc) is 2.97. The second kappa shape index (κ2) is 7.59. The molecule has 1 aliphatic carbocycles. The van der Waals surface area contributed by atoms with E-state index in [2.05, 4.69) is 9.88 Å². The van der Waals surface area contributed by atoms with E-state index in [1.165, 1.54) is 0 Å². The van der Waals surface area contributed by atoms with Gasteiger partial charge in [0.15, 0.2) is 0 Å². The Morgan fingerprint density at radius 2 is 2.25 bits per heavy atom. The minimum Gasteiger partial charge on any atom is -0.374 e. The van der Waals surface area contributed by atoms with Gasteiger partial charge in [-0.1, -0.05) is 0 Å². The Balaban J connectivity index is 1.65. The summed E-state index contributed by atoms with van der Waals surface area (Å²) in [5, 5.41) is 0. The summed E-state index contributed by atoms with van der Waals surface area (Å²) < 4.78 is 12.0. The number of nitrogens with zero attached hydrogens (tertiary/aromatic N) is 3. The van der Waals surface area contributed by atoms with E-state index in [1.54, 1.807) is 12.4 Å². The lowest BCUT2D eigenvalue weighted by Gasteiger charge is -2.39. The van der Waals surface area contributed by atoms with Crippen LogP contribution in [-0.2, 0) is 9.47 Å². The van der Waals surface area contributed by atoms with Gasteiger partial charge in [-0.3, -0.25) is 9.78 Å². The second-order valence-corrected chi connectivity index (χ2v) is 6.94. The molecule has 3 atom stereocenters. The van der Waals surface area contributed by atoms with Crippen molar-refractivity contribution >= 4 is 5.91 Å². The Morgan fingerprint density at radius 3 is 3.00 bits per heavy atom. The van der Waals surface area contributed by atoms with Crippen molar-refractivity contribution < 1.29 is 14.3 Å². The number of likely N-dealkylation sites (N-methyl/N-ethyl adjacent to an activating group) is 1. The summed E-state index contributed by atoms with van der Waals surface area (Å²) in [6.07, 6.45) is 5.37. The zero-order valence-corrected chi connectivity index (χ0v) is 14.8. The summed E-state index contributed by atoms with van der Waals surface area (Å²) in [5.74, 6) is 0.0541. The van der Waals surface area contributed by atoms with Crippen LogP contribution in [0.25, 0.3) is 0 Å². The lowest BCUT2D eigenvalue weighted by atomic mass is 10.1. The van der Waals surface area contributed by atoms with Gasteiger partial charge in [0, 0.05) is 25.5 Å². The standard InChI is InChI=1S/C18H27N3O3/c1-13-10-14(12-19-11-13)18(22)21-7-9-24-17-15(21)4-5-16(17)23-8-6-20(2)3/h10-12,15-17H,4-9H2,1-3H3/t15-,16+,17+/m0/s1. The van der Waals surface area contributed by atoms with E-state index in [-0.39, 0.29) is 24.2 Å². The number of aromatic nitrogens is 1. The summed E-state index contributed by atoms with van der Waals surface area (Å²) in [7, 11) is 4.07. The molecule has 1 aliphatic heterocycles. The van der Waals surface area contributed by atoms with Crippen LogP contribution in [0.3, 0.4) is 0 Å². The Morgan fingerprint density at radius 1 is 1.42 bits per heavy atom. The lowest BCUT2D eigenvalue weighted by molar-refractivity contribution is -0.105. The highest BCUT2D eigenvalue weighted by atomic mass is 16.5. The van der Waals surface area contributed by atoms with Crippen molar-refractivity contribution in [2.45, 2.75) is 38.0 Å². The maximum absolute atomic E-state index is 12.9. The zero-order valence-electron chi connectivity index (χ0n) is 14.8. The van der Waals surface area contributed by atoms with Gasteiger partial charge in [0.05, 0.1) is 30.9 Å². The van der Waals surface area contributed by atoms with Crippen LogP contribution in [0.4, 0.5) is 0 Å². The lowest BCUT2D eigenvalue weighted by Crippen LogP contribution is -2.54. The van der Waals surface area contributed by atoms with E-state index in [1.807, 2.05) is 32.0 Å². The quantitative estimate of drug-likeness (QED) is 0.814. The largest absolute Gasteiger partial charge is 0.374 e. The molecule has 0 unspecified atom stereocenters. The number of aryl methyl sites for hydroxylation is 1. The van der Waals surface area contributed by atoms with Crippen LogP contribution >= 0.6 is 0 Å². The van der Waals surface area contributed by atoms with Crippen molar-refractivity contribution in [1.29, 1.82) is 0 Å². The fourth-order valence-corrected chi connectivity index (χ4v) is 3.57. The van der Waals surface area contributed by atoms with Gasteiger partial charge in [-0.15, -0.1) is 0 Å². The molecule has 132 valence electrons. The molecular weight excluding hydrogens is 306 g/mol. The molecule has 1 aromatic heterocycles. The first kappa shape index (κ1) is 17.3. The number of carbonyl (C=O) groups is 1. The molecule has 0 bridgehead atoms. The molecule has 1 amide bonds. The maximum atomic E-state index is 12.9. The third-order valence-electron chi connectivity index (χ3n) is 4.79. The zero-order chi connectivity index (χ0) is 17.1. The van der Waals surface area contributed by atoms with Crippen molar-refractivity contribution in [1.82, 2.24) is 14.8 Å². The molecule has 2 heterocycles. The first-order valence-corrected chi connectivity index (χ1v) is 8.67. The van der Waals surface area contributed by atoms with E-state index < -0.39 is 0 Å². The summed E-state index contributed by atoms with van der Waals surface area (Å²) in [6, 6.07) is 2.01. The Kier molecular flexibility index (Phi) is 5.48. The van der Waals surface area contributed by atoms with Crippen LogP contribution in [-0.4, -0.2) is 79.3 Å². The predicted octanol–water partition coefficient (Wildman–Crippen LogP) is 1.34. The van der Waals surface area contributed by atoms with Crippen LogP contribution in [0.2, 0.25) is 0 Å². The van der Waals surface area contributed by atoms with Crippen LogP contribution in [0.1, 0.15) is 28.8 Å². The normalized spacial score (nSPS) is 26.7. The molecule has 0 N–H and O–H groups in total. The molecule has 6 heteroatoms. The first-order chi connectivity index (χ1) is 11.6. The van der Waals surface area contributed by atoms with Gasteiger partial charge in [-0.2, -0.15) is 0 Å². The molecule has 1 saturated heterocycles. The van der Waals surface area contributed by atoms with E-state index in [0.29, 0.717) is 25.3 Å². The van der Waals surface area contributed by atoms with E-state index >= 15 is 0 Å². The van der Waals surface area contributed by atoms with Gasteiger partial charge in [0.25, 0.3) is 5.91 Å². The Bertz CT molecular complexity index is 578. The average molecular weight is 333 g/mol. The number of amides is 1. The van der Waals surface area contributed by atoms with Crippen LogP contribution in [0.5, 0.6) is 0 Å². The molecule has 2 fully saturated rings. The third-order valence-corrected chi connectivity index (χ3v) is 4.79. The molecular formula is C18H27N3O3. The number of fused-ring (bicyclic) bond motifs is 1. The number of hydrogen-bond donors (Lipinski definition) is 0. The monoisotopic (exact) mass is 333 g/mol. The van der Waals surface area contributed by atoms with Crippen molar-refractivity contribution in [3.8, 4) is 0 Å². The van der Waals surface area contributed by atoms with Gasteiger partial charge in [-0.05, 0) is 45.5 Å². The fourth-order valence-electron chi connectivity index (χ4n) is 3.57. The van der Waals surface area contributed by atoms with Gasteiger partial charge < -0.3 is 19.3 Å². The molecule has 24 heavy (non-hydrogen) atoms. The Hall–Kier alpha value is -1.50. The van der Waals surface area contributed by atoms with Crippen molar-refractivity contribution in [3.63, 3.8) is 0 Å². The van der Waals surface area contributed by atoms with Gasteiger partial charge in [0.2, 0.25) is 0 Å². The summed E-state index contributed by atoms with van der Waals surface area (Å²) >= 11 is 0. The van der Waals surface area contributed by atoms with E-state index in [9.17, 15) is 4.79 Å². The first-order valence-electron chi connectivity index (χ1n) is 8.67. The van der Waals surface area contributed by atoms with Crippen LogP contribution < -0.4 is 0 Å². The number of rotatable bonds is 5. The molecule has 1 saturated carbocycles. The highest BCUT2D eigenvalue weighted by molar-refractivity contribution is 5.94. The number of pyridine rings is 1. The van der Waals surface area contributed by atoms with E-state index in [4.69, 9.17) is 9.47 Å². The van der Waals surface area contributed by atoms with Crippen LogP contribution in [0.15, 0.2) is 18.5 Å². The number of ether oxygens (including phenoxy) is 2. The second-order valence-electron chi connectivity index (χ2n) is 6.94. The molecule has 0 aromatic carbocycles. The highest BCUT2D eigenvalue weighted by Gasteiger charge is 2.45. The van der Waals surface area contributed by atoms with E-state index in [0.717, 1.165) is 24.9 Å². The molecule has 2 aliphatic rings. The minimum atomic E-state index is -0.0115. The van der Waals surface area contributed by atoms with Gasteiger partial charge in [0.1, 0.15) is 6.10 Å². The number of morpholine rings is 1. The van der Waals surface area contributed by atoms with Gasteiger partial charge in [-0.25, -0.2) is 0 Å². The summed E-state index contributed by atoms with van der Waals surface area (Å²) in [5.41, 5.74) is 1.66. The van der Waals surface area contributed by atoms with Crippen molar-refractivity contribution in [3.05, 3.63) is 29.6 Å². The number of hydrogen-bond acceptors (Lipinski definition) is 5. The molecule has 3 rings (SSSR count). The van der Waals surface area contributed by atoms with Crippen molar-refractivity contribution in [2.75, 3.05) is 40.4 Å². The Labute approximate surface area is 143 Å². The highest BCUT2D eigenvalue weighted by Crippen LogP contribution is 2.33. The fraction of sp³-hybridized carbons (Fsp3) is 0.667. The summed E-state index contributed by atoms with van der Waals surface area (Å²) in [4.78, 5) is 21.1. The maximum Gasteiger partial charge on any atom is 0.255 e. The molecule has 6 nitrogen and oxygen atoms in total. The molecule has 0 spiro atoms. The summed E-state index contributed by atoms with van der Waals surface area (Å²) in [6.45, 7) is 4.75. The molecule has 0 radical (unpaired) electrons. The smallest absolute Gasteiger partial charge is 0.255 e. The molecule has 1 aromatic rings. The number of carbonyl (C=O) groups excluding carboxylic acids is 1. The third kappa shape index (κ3) is 3.77.